The lowest BCUT2D eigenvalue weighted by Crippen LogP contribution is -2.20. The Morgan fingerprint density at radius 1 is 1.47 bits per heavy atom. The molecule has 1 heterocycles. The third-order valence-electron chi connectivity index (χ3n) is 2.26. The van der Waals surface area contributed by atoms with Crippen LogP contribution in [0.15, 0.2) is 35.4 Å². The highest BCUT2D eigenvalue weighted by Gasteiger charge is 2.06. The van der Waals surface area contributed by atoms with Crippen molar-refractivity contribution in [3.05, 3.63) is 46.0 Å². The van der Waals surface area contributed by atoms with Crippen LogP contribution in [0, 0.1) is 0 Å². The van der Waals surface area contributed by atoms with Crippen LogP contribution in [0.5, 0.6) is 0 Å². The molecule has 0 atom stereocenters. The van der Waals surface area contributed by atoms with Crippen LogP contribution in [0.3, 0.4) is 0 Å². The fraction of sp³-hybridized carbons (Fsp3) is 0.0909. The van der Waals surface area contributed by atoms with Gasteiger partial charge in [-0.15, -0.1) is 0 Å². The largest absolute Gasteiger partial charge is 0.399 e. The van der Waals surface area contributed by atoms with Crippen LogP contribution < -0.4 is 16.6 Å². The van der Waals surface area contributed by atoms with Gasteiger partial charge in [0.25, 0.3) is 5.56 Å². The van der Waals surface area contributed by atoms with Crippen molar-refractivity contribution in [1.29, 1.82) is 0 Å². The van der Waals surface area contributed by atoms with Gasteiger partial charge in [0, 0.05) is 25.1 Å². The van der Waals surface area contributed by atoms with Gasteiger partial charge in [-0.3, -0.25) is 4.79 Å². The summed E-state index contributed by atoms with van der Waals surface area (Å²) in [5.74, 6) is 0.211. The fourth-order valence-corrected chi connectivity index (χ4v) is 1.51. The van der Waals surface area contributed by atoms with Crippen molar-refractivity contribution in [2.45, 2.75) is 0 Å². The molecule has 0 spiro atoms. The standard InChI is InChI=1S/C11H11ClN4O/c1-16-5-4-14-10(11(16)17)15-9-6-7(13)2-3-8(9)12/h2-6H,13H2,1H3,(H,14,15). The van der Waals surface area contributed by atoms with Crippen LogP contribution in [0.25, 0.3) is 0 Å². The van der Waals surface area contributed by atoms with Gasteiger partial charge in [0.1, 0.15) is 0 Å². The van der Waals surface area contributed by atoms with Gasteiger partial charge >= 0.3 is 0 Å². The first-order valence-electron chi connectivity index (χ1n) is 4.91. The molecule has 2 rings (SSSR count). The van der Waals surface area contributed by atoms with E-state index in [0.29, 0.717) is 16.4 Å². The molecule has 0 saturated carbocycles. The minimum absolute atomic E-state index is 0.211. The third-order valence-corrected chi connectivity index (χ3v) is 2.59. The van der Waals surface area contributed by atoms with Crippen molar-refractivity contribution in [3.8, 4) is 0 Å². The van der Waals surface area contributed by atoms with Gasteiger partial charge in [0.05, 0.1) is 10.7 Å². The quantitative estimate of drug-likeness (QED) is 0.797. The summed E-state index contributed by atoms with van der Waals surface area (Å²) < 4.78 is 1.43. The zero-order valence-corrected chi connectivity index (χ0v) is 9.90. The zero-order chi connectivity index (χ0) is 12.4. The molecule has 1 aromatic carbocycles. The summed E-state index contributed by atoms with van der Waals surface area (Å²) in [7, 11) is 1.65. The van der Waals surface area contributed by atoms with Gasteiger partial charge in [-0.05, 0) is 18.2 Å². The van der Waals surface area contributed by atoms with E-state index in [1.165, 1.54) is 10.8 Å². The summed E-state index contributed by atoms with van der Waals surface area (Å²) in [6.07, 6.45) is 3.11. The second-order valence-electron chi connectivity index (χ2n) is 3.56. The summed E-state index contributed by atoms with van der Waals surface area (Å²) in [5, 5.41) is 3.34. The molecule has 0 amide bonds. The van der Waals surface area contributed by atoms with Gasteiger partial charge in [-0.25, -0.2) is 4.98 Å². The van der Waals surface area contributed by atoms with Gasteiger partial charge < -0.3 is 15.6 Å². The molecule has 3 N–H and O–H groups in total. The Bertz CT molecular complexity index is 609. The van der Waals surface area contributed by atoms with Crippen molar-refractivity contribution in [2.75, 3.05) is 11.1 Å². The fourth-order valence-electron chi connectivity index (χ4n) is 1.35. The van der Waals surface area contributed by atoms with Crippen LogP contribution in [0.4, 0.5) is 17.2 Å². The molecule has 17 heavy (non-hydrogen) atoms. The van der Waals surface area contributed by atoms with Crippen molar-refractivity contribution in [1.82, 2.24) is 9.55 Å². The van der Waals surface area contributed by atoms with Crippen molar-refractivity contribution >= 4 is 28.8 Å². The van der Waals surface area contributed by atoms with E-state index < -0.39 is 0 Å². The van der Waals surface area contributed by atoms with Crippen molar-refractivity contribution in [2.24, 2.45) is 7.05 Å². The molecule has 0 aliphatic heterocycles. The topological polar surface area (TPSA) is 72.9 Å². The van der Waals surface area contributed by atoms with Crippen LogP contribution >= 0.6 is 11.6 Å². The molecule has 0 bridgehead atoms. The van der Waals surface area contributed by atoms with Gasteiger partial charge in [-0.1, -0.05) is 11.6 Å². The lowest BCUT2D eigenvalue weighted by atomic mass is 10.3. The van der Waals surface area contributed by atoms with Gasteiger partial charge in [0.2, 0.25) is 0 Å². The Morgan fingerprint density at radius 3 is 3.00 bits per heavy atom. The minimum atomic E-state index is -0.231. The second-order valence-corrected chi connectivity index (χ2v) is 3.96. The first-order valence-corrected chi connectivity index (χ1v) is 5.29. The summed E-state index contributed by atoms with van der Waals surface area (Å²) in [5.41, 5.74) is 6.53. The number of aromatic nitrogens is 2. The minimum Gasteiger partial charge on any atom is -0.399 e. The number of nitrogens with zero attached hydrogens (tertiary/aromatic N) is 2. The Balaban J connectivity index is 2.41. The molecule has 1 aromatic heterocycles. The molecule has 0 fully saturated rings. The number of hydrogen-bond acceptors (Lipinski definition) is 4. The van der Waals surface area contributed by atoms with E-state index in [9.17, 15) is 4.79 Å². The van der Waals surface area contributed by atoms with E-state index in [0.717, 1.165) is 0 Å². The van der Waals surface area contributed by atoms with E-state index in [-0.39, 0.29) is 11.4 Å². The van der Waals surface area contributed by atoms with Crippen LogP contribution in [0.2, 0.25) is 5.02 Å². The molecule has 0 aliphatic rings. The van der Waals surface area contributed by atoms with Crippen molar-refractivity contribution < 1.29 is 0 Å². The van der Waals surface area contributed by atoms with Crippen molar-refractivity contribution in [3.63, 3.8) is 0 Å². The Kier molecular flexibility index (Phi) is 3.01. The molecule has 0 radical (unpaired) electrons. The number of nitrogens with two attached hydrogens (primary N) is 1. The molecular formula is C11H11ClN4O. The number of hydrogen-bond donors (Lipinski definition) is 2. The van der Waals surface area contributed by atoms with Gasteiger partial charge in [-0.2, -0.15) is 0 Å². The van der Waals surface area contributed by atoms with Crippen LogP contribution in [-0.4, -0.2) is 9.55 Å². The third kappa shape index (κ3) is 2.39. The SMILES string of the molecule is Cn1ccnc(Nc2cc(N)ccc2Cl)c1=O. The van der Waals surface area contributed by atoms with E-state index >= 15 is 0 Å². The molecule has 88 valence electrons. The zero-order valence-electron chi connectivity index (χ0n) is 9.14. The smallest absolute Gasteiger partial charge is 0.293 e. The van der Waals surface area contributed by atoms with E-state index in [2.05, 4.69) is 10.3 Å². The number of aryl methyl sites for hydroxylation is 1. The highest BCUT2D eigenvalue weighted by Crippen LogP contribution is 2.25. The average Bonchev–Trinajstić information content (AvgIpc) is 2.30. The molecule has 0 saturated heterocycles. The summed E-state index contributed by atoms with van der Waals surface area (Å²) in [6, 6.07) is 4.99. The molecule has 5 nitrogen and oxygen atoms in total. The van der Waals surface area contributed by atoms with Crippen LogP contribution in [-0.2, 0) is 7.05 Å². The summed E-state index contributed by atoms with van der Waals surface area (Å²) in [4.78, 5) is 15.7. The lowest BCUT2D eigenvalue weighted by molar-refractivity contribution is 0.845. The summed E-state index contributed by atoms with van der Waals surface area (Å²) in [6.45, 7) is 0. The maximum atomic E-state index is 11.7. The maximum absolute atomic E-state index is 11.7. The number of benzene rings is 1. The molecule has 0 unspecified atom stereocenters. The lowest BCUT2D eigenvalue weighted by Gasteiger charge is -2.08. The van der Waals surface area contributed by atoms with E-state index in [4.69, 9.17) is 17.3 Å². The Morgan fingerprint density at radius 2 is 2.24 bits per heavy atom. The number of nitrogens with one attached hydrogen (secondary N) is 1. The normalized spacial score (nSPS) is 10.2. The molecule has 2 aromatic rings. The number of anilines is 3. The highest BCUT2D eigenvalue weighted by molar-refractivity contribution is 6.33. The van der Waals surface area contributed by atoms with Gasteiger partial charge in [0.15, 0.2) is 5.82 Å². The predicted octanol–water partition coefficient (Wildman–Crippen LogP) is 1.76. The number of halogens is 1. The highest BCUT2D eigenvalue weighted by atomic mass is 35.5. The average molecular weight is 251 g/mol. The first-order chi connectivity index (χ1) is 8.08. The first kappa shape index (κ1) is 11.5. The molecule has 0 aliphatic carbocycles. The maximum Gasteiger partial charge on any atom is 0.293 e. The Hall–Kier alpha value is -2.01. The Labute approximate surface area is 103 Å². The molecular weight excluding hydrogens is 240 g/mol. The second kappa shape index (κ2) is 4.47. The summed E-state index contributed by atoms with van der Waals surface area (Å²) >= 11 is 5.98. The number of nitrogen functional groups attached to an aromatic ring is 1. The van der Waals surface area contributed by atoms with E-state index in [1.54, 1.807) is 31.4 Å². The van der Waals surface area contributed by atoms with E-state index in [1.807, 2.05) is 0 Å². The predicted molar refractivity (Wildman–Crippen MR) is 68.6 cm³/mol. The monoisotopic (exact) mass is 250 g/mol. The van der Waals surface area contributed by atoms with Crippen LogP contribution in [0.1, 0.15) is 0 Å². The molecule has 6 heteroatoms. The number of rotatable bonds is 2.